The van der Waals surface area contributed by atoms with Gasteiger partial charge in [-0.2, -0.15) is 0 Å². The predicted octanol–water partition coefficient (Wildman–Crippen LogP) is 3.08. The van der Waals surface area contributed by atoms with E-state index in [1.807, 2.05) is 6.08 Å². The van der Waals surface area contributed by atoms with Crippen LogP contribution in [0.15, 0.2) is 11.6 Å². The third kappa shape index (κ3) is 1.88. The third-order valence-corrected chi connectivity index (χ3v) is 5.70. The number of carboxylic acids is 2. The highest BCUT2D eigenvalue weighted by molar-refractivity contribution is 5.86. The van der Waals surface area contributed by atoms with Crippen LogP contribution in [-0.2, 0) is 9.59 Å². The van der Waals surface area contributed by atoms with Crippen LogP contribution in [0.25, 0.3) is 0 Å². The van der Waals surface area contributed by atoms with Crippen LogP contribution in [0.1, 0.15) is 52.4 Å². The minimum atomic E-state index is -0.893. The molecule has 4 unspecified atom stereocenters. The molecule has 0 aliphatic heterocycles. The van der Waals surface area contributed by atoms with E-state index in [4.69, 9.17) is 5.11 Å². The first-order valence-corrected chi connectivity index (χ1v) is 7.34. The van der Waals surface area contributed by atoms with Crippen molar-refractivity contribution in [2.24, 2.45) is 22.2 Å². The second kappa shape index (κ2) is 3.86. The molecule has 4 heteroatoms. The molecular weight excluding hydrogens is 256 g/mol. The molecular formula is C16H22O4. The smallest absolute Gasteiger partial charge is 0.330 e. The lowest BCUT2D eigenvalue weighted by Crippen LogP contribution is -2.58. The average Bonchev–Trinajstić information content (AvgIpc) is 2.24. The van der Waals surface area contributed by atoms with Gasteiger partial charge in [0.05, 0.1) is 5.41 Å². The summed E-state index contributed by atoms with van der Waals surface area (Å²) in [6.07, 6.45) is 7.02. The molecule has 0 aromatic carbocycles. The van der Waals surface area contributed by atoms with E-state index >= 15 is 0 Å². The summed E-state index contributed by atoms with van der Waals surface area (Å²) < 4.78 is 0. The van der Waals surface area contributed by atoms with Gasteiger partial charge in [-0.05, 0) is 62.2 Å². The summed E-state index contributed by atoms with van der Waals surface area (Å²) in [5.41, 5.74) is -0.415. The van der Waals surface area contributed by atoms with Crippen molar-refractivity contribution in [2.75, 3.05) is 0 Å². The van der Waals surface area contributed by atoms with E-state index < -0.39 is 17.4 Å². The zero-order chi connectivity index (χ0) is 14.8. The Morgan fingerprint density at radius 1 is 1.10 bits per heavy atom. The molecule has 4 saturated carbocycles. The number of allylic oxidation sites excluding steroid dienone is 1. The number of carboxylic acid groups (broad SMARTS) is 2. The SMILES string of the molecule is CC(=CC12CC3CC(C)(C1)CC(C(=O)O)(C3)C2)C(=O)O. The quantitative estimate of drug-likeness (QED) is 0.778. The predicted molar refractivity (Wildman–Crippen MR) is 73.2 cm³/mol. The van der Waals surface area contributed by atoms with Gasteiger partial charge in [0.15, 0.2) is 0 Å². The van der Waals surface area contributed by atoms with Crippen molar-refractivity contribution in [1.29, 1.82) is 0 Å². The molecule has 0 aromatic rings. The Balaban J connectivity index is 2.04. The van der Waals surface area contributed by atoms with Crippen LogP contribution in [-0.4, -0.2) is 22.2 Å². The fourth-order valence-corrected chi connectivity index (χ4v) is 5.92. The van der Waals surface area contributed by atoms with E-state index in [1.165, 1.54) is 0 Å². The second-order valence-corrected chi connectivity index (χ2v) is 7.90. The van der Waals surface area contributed by atoms with E-state index in [9.17, 15) is 14.7 Å². The maximum absolute atomic E-state index is 11.8. The highest BCUT2D eigenvalue weighted by atomic mass is 16.4. The molecule has 2 N–H and O–H groups in total. The van der Waals surface area contributed by atoms with Crippen LogP contribution in [0.4, 0.5) is 0 Å². The molecule has 0 amide bonds. The maximum Gasteiger partial charge on any atom is 0.330 e. The molecule has 4 aliphatic carbocycles. The number of hydrogen-bond acceptors (Lipinski definition) is 2. The molecule has 4 nitrogen and oxygen atoms in total. The van der Waals surface area contributed by atoms with E-state index in [2.05, 4.69) is 6.92 Å². The van der Waals surface area contributed by atoms with E-state index in [0.717, 1.165) is 32.1 Å². The monoisotopic (exact) mass is 278 g/mol. The Morgan fingerprint density at radius 3 is 2.35 bits per heavy atom. The zero-order valence-electron chi connectivity index (χ0n) is 12.1. The molecule has 4 bridgehead atoms. The Bertz CT molecular complexity index is 523. The third-order valence-electron chi connectivity index (χ3n) is 5.70. The second-order valence-electron chi connectivity index (χ2n) is 7.90. The highest BCUT2D eigenvalue weighted by Gasteiger charge is 2.63. The van der Waals surface area contributed by atoms with Gasteiger partial charge in [-0.3, -0.25) is 4.79 Å². The minimum absolute atomic E-state index is 0.0626. The molecule has 0 spiro atoms. The van der Waals surface area contributed by atoms with Crippen molar-refractivity contribution >= 4 is 11.9 Å². The lowest BCUT2D eigenvalue weighted by molar-refractivity contribution is -0.181. The van der Waals surface area contributed by atoms with Gasteiger partial charge < -0.3 is 10.2 Å². The van der Waals surface area contributed by atoms with Crippen LogP contribution in [0.2, 0.25) is 0 Å². The van der Waals surface area contributed by atoms with Crippen LogP contribution in [0.3, 0.4) is 0 Å². The largest absolute Gasteiger partial charge is 0.481 e. The zero-order valence-corrected chi connectivity index (χ0v) is 12.1. The minimum Gasteiger partial charge on any atom is -0.481 e. The molecule has 4 rings (SSSR count). The van der Waals surface area contributed by atoms with Gasteiger partial charge in [0.2, 0.25) is 0 Å². The Labute approximate surface area is 118 Å². The van der Waals surface area contributed by atoms with Gasteiger partial charge in [0, 0.05) is 5.57 Å². The molecule has 4 aliphatic rings. The van der Waals surface area contributed by atoms with E-state index in [0.29, 0.717) is 17.9 Å². The van der Waals surface area contributed by atoms with Gasteiger partial charge in [0.25, 0.3) is 0 Å². The summed E-state index contributed by atoms with van der Waals surface area (Å²) in [5, 5.41) is 18.9. The van der Waals surface area contributed by atoms with E-state index in [1.54, 1.807) is 6.92 Å². The normalized spacial score (nSPS) is 46.5. The standard InChI is InChI=1S/C16H22O4/c1-10(12(17)18)3-15-5-11-4-14(2,7-15)8-16(6-11,9-15)13(19)20/h3,11H,4-9H2,1-2H3,(H,17,18)(H,19,20). The molecule has 4 atom stereocenters. The summed E-state index contributed by atoms with van der Waals surface area (Å²) >= 11 is 0. The number of aliphatic carboxylic acids is 2. The maximum atomic E-state index is 11.8. The molecule has 110 valence electrons. The number of rotatable bonds is 3. The van der Waals surface area contributed by atoms with Crippen molar-refractivity contribution in [2.45, 2.75) is 52.4 Å². The summed E-state index contributed by atoms with van der Waals surface area (Å²) in [6.45, 7) is 3.81. The Hall–Kier alpha value is -1.32. The van der Waals surface area contributed by atoms with Crippen molar-refractivity contribution in [3.63, 3.8) is 0 Å². The van der Waals surface area contributed by atoms with Gasteiger partial charge >= 0.3 is 11.9 Å². The molecule has 0 aromatic heterocycles. The van der Waals surface area contributed by atoms with Gasteiger partial charge in [-0.15, -0.1) is 0 Å². The topological polar surface area (TPSA) is 74.6 Å². The van der Waals surface area contributed by atoms with E-state index in [-0.39, 0.29) is 10.8 Å². The Kier molecular flexibility index (Phi) is 2.64. The van der Waals surface area contributed by atoms with Crippen LogP contribution in [0, 0.1) is 22.2 Å². The molecule has 4 fully saturated rings. The van der Waals surface area contributed by atoms with Gasteiger partial charge in [-0.1, -0.05) is 13.0 Å². The van der Waals surface area contributed by atoms with Crippen LogP contribution in [0.5, 0.6) is 0 Å². The van der Waals surface area contributed by atoms with Crippen LogP contribution < -0.4 is 0 Å². The van der Waals surface area contributed by atoms with Crippen molar-refractivity contribution in [3.05, 3.63) is 11.6 Å². The van der Waals surface area contributed by atoms with Crippen molar-refractivity contribution < 1.29 is 19.8 Å². The molecule has 20 heavy (non-hydrogen) atoms. The fraction of sp³-hybridized carbons (Fsp3) is 0.750. The number of carbonyl (C=O) groups is 2. The first-order valence-electron chi connectivity index (χ1n) is 7.34. The van der Waals surface area contributed by atoms with Crippen molar-refractivity contribution in [1.82, 2.24) is 0 Å². The van der Waals surface area contributed by atoms with Gasteiger partial charge in [-0.25, -0.2) is 4.79 Å². The summed E-state index contributed by atoms with van der Waals surface area (Å²) in [6, 6.07) is 0. The lowest BCUT2D eigenvalue weighted by atomic mass is 9.40. The molecule has 0 saturated heterocycles. The summed E-state index contributed by atoms with van der Waals surface area (Å²) in [5.74, 6) is -1.14. The number of hydrogen-bond donors (Lipinski definition) is 2. The molecule has 0 heterocycles. The van der Waals surface area contributed by atoms with Crippen LogP contribution >= 0.6 is 0 Å². The van der Waals surface area contributed by atoms with Crippen molar-refractivity contribution in [3.8, 4) is 0 Å². The summed E-state index contributed by atoms with van der Waals surface area (Å²) in [4.78, 5) is 23.0. The first kappa shape index (κ1) is 13.7. The molecule has 0 radical (unpaired) electrons. The lowest BCUT2D eigenvalue weighted by Gasteiger charge is -2.64. The fourth-order valence-electron chi connectivity index (χ4n) is 5.92. The summed E-state index contributed by atoms with van der Waals surface area (Å²) in [7, 11) is 0. The Morgan fingerprint density at radius 2 is 1.80 bits per heavy atom. The average molecular weight is 278 g/mol. The first-order chi connectivity index (χ1) is 9.18. The van der Waals surface area contributed by atoms with Gasteiger partial charge in [0.1, 0.15) is 0 Å². The highest BCUT2D eigenvalue weighted by Crippen LogP contribution is 2.70.